The van der Waals surface area contributed by atoms with E-state index in [0.717, 1.165) is 12.3 Å². The van der Waals surface area contributed by atoms with Crippen molar-refractivity contribution in [3.05, 3.63) is 28.5 Å². The van der Waals surface area contributed by atoms with Crippen LogP contribution in [0.25, 0.3) is 0 Å². The zero-order valence-corrected chi connectivity index (χ0v) is 9.05. The van der Waals surface area contributed by atoms with Gasteiger partial charge < -0.3 is 9.84 Å². The Kier molecular flexibility index (Phi) is 4.30. The third kappa shape index (κ3) is 4.58. The zero-order chi connectivity index (χ0) is 13.1. The Bertz CT molecular complexity index is 422. The number of nitrogens with zero attached hydrogens (tertiary/aromatic N) is 1. The summed E-state index contributed by atoms with van der Waals surface area (Å²) in [6.45, 7) is -1.84. The highest BCUT2D eigenvalue weighted by atomic mass is 35.5. The number of carboxylic acids is 1. The van der Waals surface area contributed by atoms with Crippen molar-refractivity contribution in [2.45, 2.75) is 12.8 Å². The molecule has 0 aromatic carbocycles. The van der Waals surface area contributed by atoms with Crippen LogP contribution < -0.4 is 0 Å². The summed E-state index contributed by atoms with van der Waals surface area (Å²) in [7, 11) is 0. The molecule has 1 aromatic heterocycles. The summed E-state index contributed by atoms with van der Waals surface area (Å²) in [5, 5.41) is 8.56. The summed E-state index contributed by atoms with van der Waals surface area (Å²) in [5.74, 6) is -1.22. The molecular formula is C9H7ClF3NO3. The summed E-state index contributed by atoms with van der Waals surface area (Å²) < 4.78 is 39.7. The molecule has 8 heteroatoms. The number of carboxylic acid groups (broad SMARTS) is 1. The van der Waals surface area contributed by atoms with Crippen molar-refractivity contribution in [3.8, 4) is 0 Å². The van der Waals surface area contributed by atoms with E-state index in [1.54, 1.807) is 0 Å². The lowest BCUT2D eigenvalue weighted by Crippen LogP contribution is -2.17. The maximum Gasteiger partial charge on any atom is 0.411 e. The van der Waals surface area contributed by atoms with Gasteiger partial charge in [0.05, 0.1) is 22.9 Å². The van der Waals surface area contributed by atoms with Gasteiger partial charge in [-0.3, -0.25) is 4.98 Å². The van der Waals surface area contributed by atoms with Crippen LogP contribution in [0.1, 0.15) is 16.1 Å². The van der Waals surface area contributed by atoms with Crippen molar-refractivity contribution in [2.24, 2.45) is 0 Å². The second kappa shape index (κ2) is 5.33. The first-order valence-electron chi connectivity index (χ1n) is 4.32. The molecule has 0 fully saturated rings. The Morgan fingerprint density at radius 3 is 2.65 bits per heavy atom. The Hall–Kier alpha value is -1.34. The lowest BCUT2D eigenvalue weighted by Gasteiger charge is -2.08. The molecule has 0 aliphatic heterocycles. The van der Waals surface area contributed by atoms with E-state index >= 15 is 0 Å². The van der Waals surface area contributed by atoms with Gasteiger partial charge in [0.25, 0.3) is 0 Å². The molecule has 0 saturated carbocycles. The van der Waals surface area contributed by atoms with Crippen molar-refractivity contribution in [2.75, 3.05) is 6.61 Å². The number of carbonyl (C=O) groups is 1. The van der Waals surface area contributed by atoms with Gasteiger partial charge >= 0.3 is 12.1 Å². The van der Waals surface area contributed by atoms with Gasteiger partial charge in [-0.15, -0.1) is 0 Å². The van der Waals surface area contributed by atoms with Gasteiger partial charge in [-0.2, -0.15) is 13.2 Å². The smallest absolute Gasteiger partial charge is 0.411 e. The van der Waals surface area contributed by atoms with E-state index in [-0.39, 0.29) is 16.3 Å². The number of halogens is 4. The summed E-state index contributed by atoms with van der Waals surface area (Å²) in [6.07, 6.45) is -3.42. The van der Waals surface area contributed by atoms with Crippen LogP contribution in [-0.2, 0) is 11.3 Å². The van der Waals surface area contributed by atoms with Crippen molar-refractivity contribution in [1.82, 2.24) is 4.98 Å². The van der Waals surface area contributed by atoms with E-state index in [0.29, 0.717) is 0 Å². The Balaban J connectivity index is 2.64. The highest BCUT2D eigenvalue weighted by Gasteiger charge is 2.27. The molecule has 94 valence electrons. The van der Waals surface area contributed by atoms with Crippen molar-refractivity contribution >= 4 is 17.6 Å². The first-order valence-corrected chi connectivity index (χ1v) is 4.69. The van der Waals surface area contributed by atoms with E-state index in [1.807, 2.05) is 0 Å². The van der Waals surface area contributed by atoms with E-state index < -0.39 is 25.4 Å². The largest absolute Gasteiger partial charge is 0.478 e. The first-order chi connectivity index (χ1) is 7.79. The fourth-order valence-corrected chi connectivity index (χ4v) is 1.17. The minimum atomic E-state index is -4.42. The van der Waals surface area contributed by atoms with Crippen LogP contribution in [0.4, 0.5) is 13.2 Å². The van der Waals surface area contributed by atoms with E-state index in [9.17, 15) is 18.0 Å². The summed E-state index contributed by atoms with van der Waals surface area (Å²) in [5.41, 5.74) is -0.0875. The second-order valence-corrected chi connectivity index (χ2v) is 3.47. The number of hydrogen-bond donors (Lipinski definition) is 1. The molecule has 0 amide bonds. The molecule has 1 heterocycles. The van der Waals surface area contributed by atoms with Gasteiger partial charge in [-0.05, 0) is 6.07 Å². The molecule has 0 aliphatic rings. The van der Waals surface area contributed by atoms with Crippen molar-refractivity contribution < 1.29 is 27.8 Å². The highest BCUT2D eigenvalue weighted by Crippen LogP contribution is 2.19. The molecule has 17 heavy (non-hydrogen) atoms. The van der Waals surface area contributed by atoms with Gasteiger partial charge in [-0.1, -0.05) is 11.6 Å². The normalized spacial score (nSPS) is 11.5. The van der Waals surface area contributed by atoms with Gasteiger partial charge in [0.1, 0.15) is 6.61 Å². The lowest BCUT2D eigenvalue weighted by molar-refractivity contribution is -0.176. The van der Waals surface area contributed by atoms with E-state index in [4.69, 9.17) is 16.7 Å². The quantitative estimate of drug-likeness (QED) is 0.912. The zero-order valence-electron chi connectivity index (χ0n) is 8.29. The van der Waals surface area contributed by atoms with Crippen LogP contribution in [0, 0.1) is 0 Å². The Morgan fingerprint density at radius 1 is 1.53 bits per heavy atom. The van der Waals surface area contributed by atoms with E-state index in [1.165, 1.54) is 0 Å². The average Bonchev–Trinajstić information content (AvgIpc) is 2.18. The monoisotopic (exact) mass is 269 g/mol. The minimum Gasteiger partial charge on any atom is -0.478 e. The van der Waals surface area contributed by atoms with Crippen LogP contribution in [0.3, 0.4) is 0 Å². The van der Waals surface area contributed by atoms with Gasteiger partial charge in [0.2, 0.25) is 0 Å². The molecule has 0 spiro atoms. The molecule has 0 unspecified atom stereocenters. The van der Waals surface area contributed by atoms with Crippen LogP contribution in [-0.4, -0.2) is 28.8 Å². The highest BCUT2D eigenvalue weighted by molar-refractivity contribution is 6.31. The maximum atomic E-state index is 11.8. The molecule has 0 atom stereocenters. The Morgan fingerprint density at radius 2 is 2.18 bits per heavy atom. The topological polar surface area (TPSA) is 59.4 Å². The Labute approximate surface area is 99.0 Å². The van der Waals surface area contributed by atoms with E-state index in [2.05, 4.69) is 9.72 Å². The van der Waals surface area contributed by atoms with Crippen LogP contribution in [0.2, 0.25) is 5.02 Å². The predicted octanol–water partition coefficient (Wildman–Crippen LogP) is 2.51. The van der Waals surface area contributed by atoms with Gasteiger partial charge in [0, 0.05) is 6.20 Å². The molecule has 1 rings (SSSR count). The predicted molar refractivity (Wildman–Crippen MR) is 51.9 cm³/mol. The SMILES string of the molecule is O=C(O)c1cnc(COCC(F)(F)F)c(Cl)c1. The number of rotatable bonds is 4. The third-order valence-electron chi connectivity index (χ3n) is 1.67. The first kappa shape index (κ1) is 13.7. The average molecular weight is 270 g/mol. The molecule has 0 bridgehead atoms. The van der Waals surface area contributed by atoms with Crippen LogP contribution >= 0.6 is 11.6 Å². The fourth-order valence-electron chi connectivity index (χ4n) is 0.953. The number of alkyl halides is 3. The summed E-state index contributed by atoms with van der Waals surface area (Å²) >= 11 is 5.64. The number of aromatic carboxylic acids is 1. The molecule has 1 aromatic rings. The maximum absolute atomic E-state index is 11.8. The minimum absolute atomic E-state index is 0.0490. The third-order valence-corrected chi connectivity index (χ3v) is 2.00. The molecule has 4 nitrogen and oxygen atoms in total. The van der Waals surface area contributed by atoms with Crippen LogP contribution in [0.15, 0.2) is 12.3 Å². The molecule has 1 N–H and O–H groups in total. The standard InChI is InChI=1S/C9H7ClF3NO3/c10-6-1-5(8(15)16)2-14-7(6)3-17-4-9(11,12)13/h1-2H,3-4H2,(H,15,16). The van der Waals surface area contributed by atoms with Crippen molar-refractivity contribution in [1.29, 1.82) is 0 Å². The number of aromatic nitrogens is 1. The van der Waals surface area contributed by atoms with Crippen LogP contribution in [0.5, 0.6) is 0 Å². The molecule has 0 radical (unpaired) electrons. The lowest BCUT2D eigenvalue weighted by atomic mass is 10.2. The molecule has 0 aliphatic carbocycles. The van der Waals surface area contributed by atoms with Crippen molar-refractivity contribution in [3.63, 3.8) is 0 Å². The summed E-state index contributed by atoms with van der Waals surface area (Å²) in [6, 6.07) is 1.10. The molecule has 0 saturated heterocycles. The second-order valence-electron chi connectivity index (χ2n) is 3.07. The van der Waals surface area contributed by atoms with Gasteiger partial charge in [0.15, 0.2) is 0 Å². The number of ether oxygens (including phenoxy) is 1. The summed E-state index contributed by atoms with van der Waals surface area (Å²) in [4.78, 5) is 14.1. The number of pyridine rings is 1. The fraction of sp³-hybridized carbons (Fsp3) is 0.333. The molecular weight excluding hydrogens is 263 g/mol. The number of hydrogen-bond acceptors (Lipinski definition) is 3. The van der Waals surface area contributed by atoms with Gasteiger partial charge in [-0.25, -0.2) is 4.79 Å².